The monoisotopic (exact) mass is 372 g/mol. The van der Waals surface area contributed by atoms with Crippen LogP contribution in [-0.4, -0.2) is 30.6 Å². The molecule has 4 bridgehead atoms. The summed E-state index contributed by atoms with van der Waals surface area (Å²) in [5.74, 6) is 3.81. The quantitative estimate of drug-likeness (QED) is 0.853. The van der Waals surface area contributed by atoms with E-state index in [0.29, 0.717) is 42.2 Å². The Morgan fingerprint density at radius 2 is 1.81 bits per heavy atom. The van der Waals surface area contributed by atoms with Crippen LogP contribution in [0.15, 0.2) is 18.2 Å². The first kappa shape index (κ1) is 17.5. The molecule has 4 aliphatic carbocycles. The molecule has 0 unspecified atom stereocenters. The summed E-state index contributed by atoms with van der Waals surface area (Å²) in [5, 5.41) is 6.71. The lowest BCUT2D eigenvalue weighted by Crippen LogP contribution is -2.58. The first-order valence-electron chi connectivity index (χ1n) is 10.5. The van der Waals surface area contributed by atoms with Crippen molar-refractivity contribution in [2.75, 3.05) is 6.54 Å². The van der Waals surface area contributed by atoms with Gasteiger partial charge < -0.3 is 15.4 Å². The van der Waals surface area contributed by atoms with E-state index in [2.05, 4.69) is 10.6 Å². The summed E-state index contributed by atoms with van der Waals surface area (Å²) in [6, 6.07) is 5.01. The van der Waals surface area contributed by atoms with Gasteiger partial charge in [0.05, 0.1) is 6.04 Å². The lowest BCUT2D eigenvalue weighted by molar-refractivity contribution is -0.126. The molecule has 1 amide bonds. The van der Waals surface area contributed by atoms with Gasteiger partial charge in [-0.3, -0.25) is 4.79 Å². The smallest absolute Gasteiger partial charge is 0.237 e. The van der Waals surface area contributed by atoms with Gasteiger partial charge in [0.2, 0.25) is 5.91 Å². The predicted molar refractivity (Wildman–Crippen MR) is 101 cm³/mol. The number of hydrogen-bond acceptors (Lipinski definition) is 3. The van der Waals surface area contributed by atoms with Crippen LogP contribution in [0.3, 0.4) is 0 Å². The van der Waals surface area contributed by atoms with Crippen LogP contribution in [0, 0.1) is 36.4 Å². The summed E-state index contributed by atoms with van der Waals surface area (Å²) in [7, 11) is 0. The minimum absolute atomic E-state index is 0.0517. The highest BCUT2D eigenvalue weighted by Crippen LogP contribution is 2.53. The molecule has 146 valence electrons. The topological polar surface area (TPSA) is 50.4 Å². The van der Waals surface area contributed by atoms with Gasteiger partial charge in [0.25, 0.3) is 0 Å². The molecule has 1 aromatic rings. The van der Waals surface area contributed by atoms with Gasteiger partial charge in [0.1, 0.15) is 17.7 Å². The molecule has 1 saturated heterocycles. The lowest BCUT2D eigenvalue weighted by atomic mass is 9.54. The largest absolute Gasteiger partial charge is 0.489 e. The van der Waals surface area contributed by atoms with E-state index in [-0.39, 0.29) is 23.9 Å². The lowest BCUT2D eigenvalue weighted by Gasteiger charge is -2.54. The van der Waals surface area contributed by atoms with Crippen LogP contribution in [0.5, 0.6) is 5.75 Å². The summed E-state index contributed by atoms with van der Waals surface area (Å²) in [6.45, 7) is 2.38. The average Bonchev–Trinajstić information content (AvgIpc) is 3.09. The number of aryl methyl sites for hydroxylation is 1. The van der Waals surface area contributed by atoms with Crippen molar-refractivity contribution in [1.82, 2.24) is 10.6 Å². The van der Waals surface area contributed by atoms with Crippen molar-refractivity contribution >= 4 is 5.91 Å². The fourth-order valence-corrected chi connectivity index (χ4v) is 6.30. The zero-order chi connectivity index (χ0) is 18.5. The molecule has 1 heterocycles. The zero-order valence-electron chi connectivity index (χ0n) is 15.9. The molecule has 1 aromatic carbocycles. The number of amides is 1. The van der Waals surface area contributed by atoms with Crippen molar-refractivity contribution < 1.29 is 13.9 Å². The van der Waals surface area contributed by atoms with Gasteiger partial charge in [-0.2, -0.15) is 0 Å². The fourth-order valence-electron chi connectivity index (χ4n) is 6.30. The highest BCUT2D eigenvalue weighted by atomic mass is 19.1. The van der Waals surface area contributed by atoms with Crippen molar-refractivity contribution in [2.45, 2.75) is 63.6 Å². The summed E-state index contributed by atoms with van der Waals surface area (Å²) in [6.07, 6.45) is 7.29. The summed E-state index contributed by atoms with van der Waals surface area (Å²) in [4.78, 5) is 12.9. The summed E-state index contributed by atoms with van der Waals surface area (Å²) >= 11 is 0. The van der Waals surface area contributed by atoms with E-state index in [1.54, 1.807) is 19.1 Å². The number of hydrogen-bond donors (Lipinski definition) is 2. The van der Waals surface area contributed by atoms with E-state index in [1.165, 1.54) is 38.2 Å². The van der Waals surface area contributed by atoms with E-state index < -0.39 is 0 Å². The molecule has 4 saturated carbocycles. The molecule has 27 heavy (non-hydrogen) atoms. The number of carbonyl (C=O) groups is 1. The van der Waals surface area contributed by atoms with Gasteiger partial charge in [0.15, 0.2) is 0 Å². The van der Waals surface area contributed by atoms with E-state index >= 15 is 0 Å². The third-order valence-electron chi connectivity index (χ3n) is 7.37. The van der Waals surface area contributed by atoms with Crippen molar-refractivity contribution in [3.63, 3.8) is 0 Å². The third-order valence-corrected chi connectivity index (χ3v) is 7.37. The van der Waals surface area contributed by atoms with Gasteiger partial charge in [-0.1, -0.05) is 0 Å². The molecule has 6 rings (SSSR count). The molecule has 0 aromatic heterocycles. The number of halogens is 1. The minimum Gasteiger partial charge on any atom is -0.489 e. The Morgan fingerprint density at radius 3 is 2.48 bits per heavy atom. The van der Waals surface area contributed by atoms with Crippen molar-refractivity contribution in [2.24, 2.45) is 23.7 Å². The Balaban J connectivity index is 1.17. The number of nitrogens with one attached hydrogen (secondary N) is 2. The van der Waals surface area contributed by atoms with Crippen molar-refractivity contribution in [3.05, 3.63) is 29.6 Å². The van der Waals surface area contributed by atoms with Crippen LogP contribution < -0.4 is 15.4 Å². The molecule has 0 radical (unpaired) electrons. The maximum absolute atomic E-state index is 13.4. The number of rotatable bonds is 4. The van der Waals surface area contributed by atoms with E-state index in [4.69, 9.17) is 4.74 Å². The highest BCUT2D eigenvalue weighted by Gasteiger charge is 2.49. The Morgan fingerprint density at radius 1 is 1.11 bits per heavy atom. The minimum atomic E-state index is -0.222. The molecule has 4 nitrogen and oxygen atoms in total. The first-order valence-corrected chi connectivity index (χ1v) is 10.5. The molecular formula is C22H29FN2O2. The molecule has 5 fully saturated rings. The highest BCUT2D eigenvalue weighted by molar-refractivity contribution is 5.82. The average molecular weight is 372 g/mol. The predicted octanol–water partition coefficient (Wildman–Crippen LogP) is 3.18. The van der Waals surface area contributed by atoms with Crippen LogP contribution >= 0.6 is 0 Å². The molecule has 5 aliphatic rings. The van der Waals surface area contributed by atoms with Crippen LogP contribution in [0.25, 0.3) is 0 Å². The van der Waals surface area contributed by atoms with Crippen LogP contribution in [0.2, 0.25) is 0 Å². The van der Waals surface area contributed by atoms with Gasteiger partial charge in [-0.15, -0.1) is 0 Å². The normalized spacial score (nSPS) is 39.6. The standard InChI is InChI=1S/C22H29FN2O2/c1-12-4-17(2-3-19(12)23)27-18-10-20(24-11-18)22(26)25-21-15-6-13-5-14(8-15)9-16(21)7-13/h2-4,13-16,18,20-21,24H,5-11H2,1H3,(H,25,26)/t13?,14?,15?,16?,18-,20-,21?/m0/s1. The Kier molecular flexibility index (Phi) is 4.38. The maximum atomic E-state index is 13.4. The molecule has 5 heteroatoms. The Hall–Kier alpha value is -1.62. The van der Waals surface area contributed by atoms with Crippen molar-refractivity contribution in [1.29, 1.82) is 0 Å². The van der Waals surface area contributed by atoms with Gasteiger partial charge in [-0.25, -0.2) is 4.39 Å². The SMILES string of the molecule is Cc1cc(O[C@@H]2CN[C@H](C(=O)NC3C4CC5CC(C4)CC3C5)C2)ccc1F. The molecule has 0 spiro atoms. The van der Waals surface area contributed by atoms with Gasteiger partial charge in [-0.05, 0) is 86.5 Å². The van der Waals surface area contributed by atoms with Crippen molar-refractivity contribution in [3.8, 4) is 5.75 Å². The summed E-state index contributed by atoms with van der Waals surface area (Å²) < 4.78 is 19.4. The summed E-state index contributed by atoms with van der Waals surface area (Å²) in [5.41, 5.74) is 0.578. The van der Waals surface area contributed by atoms with Gasteiger partial charge >= 0.3 is 0 Å². The number of benzene rings is 1. The van der Waals surface area contributed by atoms with E-state index in [1.807, 2.05) is 0 Å². The third kappa shape index (κ3) is 3.35. The second-order valence-corrected chi connectivity index (χ2v) is 9.31. The molecule has 1 aliphatic heterocycles. The number of carbonyl (C=O) groups excluding carboxylic acids is 1. The second kappa shape index (κ2) is 6.77. The Labute approximate surface area is 160 Å². The van der Waals surface area contributed by atoms with Gasteiger partial charge in [0, 0.05) is 19.0 Å². The van der Waals surface area contributed by atoms with E-state index in [0.717, 1.165) is 11.8 Å². The first-order chi connectivity index (χ1) is 13.0. The second-order valence-electron chi connectivity index (χ2n) is 9.31. The maximum Gasteiger partial charge on any atom is 0.237 e. The zero-order valence-corrected chi connectivity index (χ0v) is 15.9. The van der Waals surface area contributed by atoms with E-state index in [9.17, 15) is 9.18 Å². The fraction of sp³-hybridized carbons (Fsp3) is 0.682. The molecular weight excluding hydrogens is 343 g/mol. The number of ether oxygens (including phenoxy) is 1. The Bertz CT molecular complexity index is 709. The van der Waals surface area contributed by atoms with Crippen LogP contribution in [0.1, 0.15) is 44.1 Å². The molecule has 2 N–H and O–H groups in total. The molecule has 2 atom stereocenters. The van der Waals surface area contributed by atoms with Crippen LogP contribution in [-0.2, 0) is 4.79 Å². The van der Waals surface area contributed by atoms with Crippen LogP contribution in [0.4, 0.5) is 4.39 Å².